The van der Waals surface area contributed by atoms with Crippen molar-refractivity contribution in [3.05, 3.63) is 17.2 Å². The van der Waals surface area contributed by atoms with Crippen molar-refractivity contribution in [3.63, 3.8) is 0 Å². The average molecular weight is 233 g/mol. The summed E-state index contributed by atoms with van der Waals surface area (Å²) in [6.07, 6.45) is 10.5. The van der Waals surface area contributed by atoms with Gasteiger partial charge in [-0.25, -0.2) is 4.98 Å². The van der Waals surface area contributed by atoms with Crippen molar-refractivity contribution in [3.8, 4) is 0 Å². The molecule has 0 amide bonds. The lowest BCUT2D eigenvalue weighted by Crippen LogP contribution is -2.16. The van der Waals surface area contributed by atoms with Crippen LogP contribution in [0.3, 0.4) is 0 Å². The third-order valence-corrected chi connectivity index (χ3v) is 4.40. The van der Waals surface area contributed by atoms with Gasteiger partial charge in [-0.15, -0.1) is 0 Å². The first-order chi connectivity index (χ1) is 8.40. The number of nitrogens with zero attached hydrogens (tertiary/aromatic N) is 2. The van der Waals surface area contributed by atoms with Gasteiger partial charge in [0.25, 0.3) is 0 Å². The van der Waals surface area contributed by atoms with Crippen LogP contribution in [0.25, 0.3) is 0 Å². The molecule has 2 aliphatic rings. The highest BCUT2D eigenvalue weighted by Gasteiger charge is 2.25. The molecule has 0 aromatic carbocycles. The van der Waals surface area contributed by atoms with Crippen LogP contribution in [-0.4, -0.2) is 9.55 Å². The van der Waals surface area contributed by atoms with Crippen molar-refractivity contribution < 1.29 is 0 Å². The standard InChI is InChI=1S/C14H23N3/c15-10-12-14(11-6-2-1-3-7-11)16-13-8-4-5-9-17(12)13/h11H,1-10,15H2. The minimum atomic E-state index is 0.666. The van der Waals surface area contributed by atoms with Gasteiger partial charge in [0, 0.05) is 25.4 Å². The maximum Gasteiger partial charge on any atom is 0.109 e. The van der Waals surface area contributed by atoms with Crippen molar-refractivity contribution in [2.45, 2.75) is 70.4 Å². The number of rotatable bonds is 2. The van der Waals surface area contributed by atoms with Crippen molar-refractivity contribution in [2.24, 2.45) is 5.73 Å². The Morgan fingerprint density at radius 1 is 1.12 bits per heavy atom. The average Bonchev–Trinajstić information content (AvgIpc) is 2.78. The number of hydrogen-bond acceptors (Lipinski definition) is 2. The van der Waals surface area contributed by atoms with Gasteiger partial charge in [-0.2, -0.15) is 0 Å². The van der Waals surface area contributed by atoms with Gasteiger partial charge < -0.3 is 10.3 Å². The molecule has 1 aliphatic heterocycles. The molecule has 0 unspecified atom stereocenters. The fraction of sp³-hybridized carbons (Fsp3) is 0.786. The number of aryl methyl sites for hydroxylation is 1. The summed E-state index contributed by atoms with van der Waals surface area (Å²) in [4.78, 5) is 4.93. The summed E-state index contributed by atoms with van der Waals surface area (Å²) >= 11 is 0. The smallest absolute Gasteiger partial charge is 0.109 e. The van der Waals surface area contributed by atoms with E-state index in [2.05, 4.69) is 4.57 Å². The molecule has 2 heterocycles. The quantitative estimate of drug-likeness (QED) is 0.853. The second kappa shape index (κ2) is 4.81. The first kappa shape index (κ1) is 11.3. The molecule has 0 bridgehead atoms. The summed E-state index contributed by atoms with van der Waals surface area (Å²) in [6.45, 7) is 1.81. The fourth-order valence-corrected chi connectivity index (χ4v) is 3.48. The molecule has 1 aliphatic carbocycles. The summed E-state index contributed by atoms with van der Waals surface area (Å²) in [5.41, 5.74) is 8.66. The number of hydrogen-bond donors (Lipinski definition) is 1. The van der Waals surface area contributed by atoms with Gasteiger partial charge in [-0.05, 0) is 25.7 Å². The summed E-state index contributed by atoms with van der Waals surface area (Å²) in [7, 11) is 0. The Labute approximate surface area is 103 Å². The Bertz CT molecular complexity index is 388. The summed E-state index contributed by atoms with van der Waals surface area (Å²) in [5.74, 6) is 2.00. The van der Waals surface area contributed by atoms with E-state index in [0.717, 1.165) is 13.0 Å². The van der Waals surface area contributed by atoms with Crippen LogP contribution in [0.5, 0.6) is 0 Å². The Kier molecular flexibility index (Phi) is 3.19. The van der Waals surface area contributed by atoms with Crippen LogP contribution in [0.4, 0.5) is 0 Å². The zero-order valence-corrected chi connectivity index (χ0v) is 10.6. The molecule has 2 N–H and O–H groups in total. The third kappa shape index (κ3) is 2.01. The number of nitrogens with two attached hydrogens (primary N) is 1. The first-order valence-corrected chi connectivity index (χ1v) is 7.18. The van der Waals surface area contributed by atoms with E-state index in [-0.39, 0.29) is 0 Å². The SMILES string of the molecule is NCc1c(C2CCCCC2)nc2n1CCCC2. The van der Waals surface area contributed by atoms with E-state index in [1.807, 2.05) is 0 Å². The van der Waals surface area contributed by atoms with Crippen LogP contribution in [0.1, 0.15) is 68.1 Å². The summed E-state index contributed by atoms with van der Waals surface area (Å²) < 4.78 is 2.41. The molecule has 0 spiro atoms. The summed E-state index contributed by atoms with van der Waals surface area (Å²) in [6, 6.07) is 0. The molecule has 3 heteroatoms. The van der Waals surface area contributed by atoms with Crippen molar-refractivity contribution >= 4 is 0 Å². The maximum atomic E-state index is 5.96. The monoisotopic (exact) mass is 233 g/mol. The van der Waals surface area contributed by atoms with E-state index in [4.69, 9.17) is 10.7 Å². The van der Waals surface area contributed by atoms with Gasteiger partial charge in [0.15, 0.2) is 0 Å². The molecule has 1 aromatic heterocycles. The Morgan fingerprint density at radius 2 is 1.94 bits per heavy atom. The molecular weight excluding hydrogens is 210 g/mol. The number of aromatic nitrogens is 2. The zero-order valence-electron chi connectivity index (χ0n) is 10.6. The fourth-order valence-electron chi connectivity index (χ4n) is 3.48. The second-order valence-electron chi connectivity index (χ2n) is 5.51. The maximum absolute atomic E-state index is 5.96. The Balaban J connectivity index is 1.94. The molecule has 1 fully saturated rings. The molecule has 3 nitrogen and oxygen atoms in total. The van der Waals surface area contributed by atoms with E-state index in [1.165, 1.54) is 62.2 Å². The van der Waals surface area contributed by atoms with E-state index in [1.54, 1.807) is 0 Å². The molecule has 0 saturated heterocycles. The van der Waals surface area contributed by atoms with E-state index >= 15 is 0 Å². The lowest BCUT2D eigenvalue weighted by atomic mass is 9.86. The van der Waals surface area contributed by atoms with E-state index in [9.17, 15) is 0 Å². The normalized spacial score (nSPS) is 21.5. The minimum absolute atomic E-state index is 0.666. The predicted octanol–water partition coefficient (Wildman–Crippen LogP) is 2.73. The van der Waals surface area contributed by atoms with Crippen LogP contribution in [0, 0.1) is 0 Å². The molecule has 1 aromatic rings. The molecule has 0 atom stereocenters. The summed E-state index contributed by atoms with van der Waals surface area (Å²) in [5, 5.41) is 0. The highest BCUT2D eigenvalue weighted by molar-refractivity contribution is 5.23. The van der Waals surface area contributed by atoms with E-state index < -0.39 is 0 Å². The number of imidazole rings is 1. The number of fused-ring (bicyclic) bond motifs is 1. The molecule has 3 rings (SSSR count). The van der Waals surface area contributed by atoms with Crippen LogP contribution in [0.2, 0.25) is 0 Å². The van der Waals surface area contributed by atoms with Crippen molar-refractivity contribution in [2.75, 3.05) is 0 Å². The predicted molar refractivity (Wildman–Crippen MR) is 68.9 cm³/mol. The van der Waals surface area contributed by atoms with Crippen LogP contribution in [0.15, 0.2) is 0 Å². The van der Waals surface area contributed by atoms with Crippen LogP contribution >= 0.6 is 0 Å². The topological polar surface area (TPSA) is 43.8 Å². The van der Waals surface area contributed by atoms with Crippen LogP contribution in [-0.2, 0) is 19.5 Å². The molecule has 0 radical (unpaired) electrons. The first-order valence-electron chi connectivity index (χ1n) is 7.18. The van der Waals surface area contributed by atoms with E-state index in [0.29, 0.717) is 12.5 Å². The third-order valence-electron chi connectivity index (χ3n) is 4.40. The lowest BCUT2D eigenvalue weighted by Gasteiger charge is -2.21. The van der Waals surface area contributed by atoms with Gasteiger partial charge in [-0.1, -0.05) is 19.3 Å². The Morgan fingerprint density at radius 3 is 2.71 bits per heavy atom. The highest BCUT2D eigenvalue weighted by Crippen LogP contribution is 2.35. The lowest BCUT2D eigenvalue weighted by molar-refractivity contribution is 0.434. The second-order valence-corrected chi connectivity index (χ2v) is 5.51. The zero-order chi connectivity index (χ0) is 11.7. The van der Waals surface area contributed by atoms with Gasteiger partial charge in [-0.3, -0.25) is 0 Å². The van der Waals surface area contributed by atoms with Gasteiger partial charge >= 0.3 is 0 Å². The van der Waals surface area contributed by atoms with Crippen molar-refractivity contribution in [1.82, 2.24) is 9.55 Å². The van der Waals surface area contributed by atoms with Gasteiger partial charge in [0.1, 0.15) is 5.82 Å². The van der Waals surface area contributed by atoms with Gasteiger partial charge in [0.05, 0.1) is 11.4 Å². The largest absolute Gasteiger partial charge is 0.331 e. The van der Waals surface area contributed by atoms with Crippen molar-refractivity contribution in [1.29, 1.82) is 0 Å². The highest BCUT2D eigenvalue weighted by atomic mass is 15.1. The van der Waals surface area contributed by atoms with Gasteiger partial charge in [0.2, 0.25) is 0 Å². The Hall–Kier alpha value is -0.830. The molecule has 1 saturated carbocycles. The minimum Gasteiger partial charge on any atom is -0.331 e. The molecular formula is C14H23N3. The molecule has 17 heavy (non-hydrogen) atoms. The molecule has 94 valence electrons. The van der Waals surface area contributed by atoms with Crippen LogP contribution < -0.4 is 5.73 Å².